The highest BCUT2D eigenvalue weighted by atomic mass is 16.5. The Bertz CT molecular complexity index is 317. The third kappa shape index (κ3) is 2.87. The summed E-state index contributed by atoms with van der Waals surface area (Å²) >= 11 is 0. The molecule has 0 aromatic rings. The van der Waals surface area contributed by atoms with E-state index in [1.54, 1.807) is 0 Å². The first-order valence-electron chi connectivity index (χ1n) is 7.59. The molecule has 3 fully saturated rings. The molecule has 108 valence electrons. The Morgan fingerprint density at radius 2 is 1.79 bits per heavy atom. The topological polar surface area (TPSA) is 44.8 Å². The van der Waals surface area contributed by atoms with E-state index in [4.69, 9.17) is 4.74 Å². The maximum Gasteiger partial charge on any atom is 0.317 e. The normalized spacial score (nSPS) is 36.1. The minimum absolute atomic E-state index is 0.107. The second kappa shape index (κ2) is 5.67. The van der Waals surface area contributed by atoms with Gasteiger partial charge in [-0.1, -0.05) is 6.42 Å². The number of fused-ring (bicyclic) bond motifs is 2. The summed E-state index contributed by atoms with van der Waals surface area (Å²) in [6, 6.07) is 1.81. The zero-order valence-electron chi connectivity index (χ0n) is 11.8. The van der Waals surface area contributed by atoms with Crippen LogP contribution < -0.4 is 5.32 Å². The van der Waals surface area contributed by atoms with Crippen LogP contribution >= 0.6 is 0 Å². The fourth-order valence-electron chi connectivity index (χ4n) is 3.77. The van der Waals surface area contributed by atoms with Gasteiger partial charge in [0, 0.05) is 31.2 Å². The van der Waals surface area contributed by atoms with Crippen LogP contribution in [0.25, 0.3) is 0 Å². The van der Waals surface area contributed by atoms with Gasteiger partial charge in [0.05, 0.1) is 13.2 Å². The van der Waals surface area contributed by atoms with Crippen LogP contribution in [0.5, 0.6) is 0 Å². The average Bonchev–Trinajstić information content (AvgIpc) is 2.41. The number of hydrogen-bond donors (Lipinski definition) is 1. The van der Waals surface area contributed by atoms with Gasteiger partial charge in [-0.25, -0.2) is 4.79 Å². The lowest BCUT2D eigenvalue weighted by Gasteiger charge is -2.47. The van der Waals surface area contributed by atoms with E-state index in [0.717, 1.165) is 25.9 Å². The van der Waals surface area contributed by atoms with E-state index in [1.807, 2.05) is 4.90 Å². The van der Waals surface area contributed by atoms with Gasteiger partial charge in [0.2, 0.25) is 0 Å². The van der Waals surface area contributed by atoms with Crippen molar-refractivity contribution in [1.82, 2.24) is 15.1 Å². The minimum atomic E-state index is 0.107. The maximum atomic E-state index is 12.2. The van der Waals surface area contributed by atoms with Crippen molar-refractivity contribution in [1.29, 1.82) is 0 Å². The van der Waals surface area contributed by atoms with E-state index < -0.39 is 0 Å². The predicted octanol–water partition coefficient (Wildman–Crippen LogP) is 1.04. The quantitative estimate of drug-likeness (QED) is 0.772. The summed E-state index contributed by atoms with van der Waals surface area (Å²) in [6.45, 7) is 2.80. The number of nitrogens with zero attached hydrogens (tertiary/aromatic N) is 2. The summed E-state index contributed by atoms with van der Waals surface area (Å²) in [4.78, 5) is 16.6. The SMILES string of the molecule is CN1C2CCCC1CC(NC(=O)N1CCOCC1)C2. The molecule has 19 heavy (non-hydrogen) atoms. The molecule has 5 heteroatoms. The molecule has 3 aliphatic heterocycles. The molecule has 2 amide bonds. The zero-order chi connectivity index (χ0) is 13.2. The highest BCUT2D eigenvalue weighted by Gasteiger charge is 2.36. The third-order valence-corrected chi connectivity index (χ3v) is 4.97. The molecule has 3 aliphatic rings. The van der Waals surface area contributed by atoms with Crippen molar-refractivity contribution in [3.05, 3.63) is 0 Å². The van der Waals surface area contributed by atoms with Crippen molar-refractivity contribution in [2.75, 3.05) is 33.4 Å². The molecule has 2 unspecified atom stereocenters. The molecule has 2 bridgehead atoms. The van der Waals surface area contributed by atoms with Gasteiger partial charge < -0.3 is 19.9 Å². The number of hydrogen-bond acceptors (Lipinski definition) is 3. The second-order valence-electron chi connectivity index (χ2n) is 6.12. The van der Waals surface area contributed by atoms with Gasteiger partial charge in [-0.15, -0.1) is 0 Å². The van der Waals surface area contributed by atoms with Crippen molar-refractivity contribution in [2.45, 2.75) is 50.2 Å². The number of piperidine rings is 2. The number of nitrogens with one attached hydrogen (secondary N) is 1. The number of morpholine rings is 1. The van der Waals surface area contributed by atoms with E-state index in [-0.39, 0.29) is 6.03 Å². The Labute approximate surface area is 115 Å². The van der Waals surface area contributed by atoms with E-state index in [9.17, 15) is 4.79 Å². The van der Waals surface area contributed by atoms with Crippen LogP contribution in [0.15, 0.2) is 0 Å². The van der Waals surface area contributed by atoms with Gasteiger partial charge in [0.15, 0.2) is 0 Å². The zero-order valence-corrected chi connectivity index (χ0v) is 11.8. The minimum Gasteiger partial charge on any atom is -0.378 e. The highest BCUT2D eigenvalue weighted by Crippen LogP contribution is 2.32. The molecule has 0 saturated carbocycles. The molecule has 3 rings (SSSR count). The summed E-state index contributed by atoms with van der Waals surface area (Å²) < 4.78 is 5.29. The summed E-state index contributed by atoms with van der Waals surface area (Å²) in [5.41, 5.74) is 0. The Hall–Kier alpha value is -0.810. The molecule has 1 N–H and O–H groups in total. The number of carbonyl (C=O) groups excluding carboxylic acids is 1. The standard InChI is InChI=1S/C14H25N3O2/c1-16-12-3-2-4-13(16)10-11(9-12)15-14(18)17-5-7-19-8-6-17/h11-13H,2-10H2,1H3,(H,15,18). The predicted molar refractivity (Wildman–Crippen MR) is 73.1 cm³/mol. The van der Waals surface area contributed by atoms with Gasteiger partial charge >= 0.3 is 6.03 Å². The van der Waals surface area contributed by atoms with Crippen LogP contribution in [0, 0.1) is 0 Å². The van der Waals surface area contributed by atoms with Crippen LogP contribution in [0.3, 0.4) is 0 Å². The molecule has 0 aromatic carbocycles. The first-order chi connectivity index (χ1) is 9.24. The Morgan fingerprint density at radius 1 is 1.16 bits per heavy atom. The highest BCUT2D eigenvalue weighted by molar-refractivity contribution is 5.74. The van der Waals surface area contributed by atoms with Crippen molar-refractivity contribution in [3.63, 3.8) is 0 Å². The van der Waals surface area contributed by atoms with E-state index in [2.05, 4.69) is 17.3 Å². The molecule has 0 aliphatic carbocycles. The first-order valence-corrected chi connectivity index (χ1v) is 7.59. The lowest BCUT2D eigenvalue weighted by molar-refractivity contribution is 0.0390. The first kappa shape index (κ1) is 13.2. The van der Waals surface area contributed by atoms with Crippen molar-refractivity contribution in [2.24, 2.45) is 0 Å². The van der Waals surface area contributed by atoms with Crippen LogP contribution in [-0.4, -0.2) is 67.3 Å². The summed E-state index contributed by atoms with van der Waals surface area (Å²) in [5.74, 6) is 0. The van der Waals surface area contributed by atoms with Gasteiger partial charge in [-0.05, 0) is 32.7 Å². The largest absolute Gasteiger partial charge is 0.378 e. The van der Waals surface area contributed by atoms with Crippen molar-refractivity contribution < 1.29 is 9.53 Å². The van der Waals surface area contributed by atoms with Gasteiger partial charge in [0.1, 0.15) is 0 Å². The van der Waals surface area contributed by atoms with Gasteiger partial charge in [-0.3, -0.25) is 0 Å². The van der Waals surface area contributed by atoms with E-state index >= 15 is 0 Å². The van der Waals surface area contributed by atoms with E-state index in [1.165, 1.54) is 19.3 Å². The molecule has 2 atom stereocenters. The van der Waals surface area contributed by atoms with E-state index in [0.29, 0.717) is 31.3 Å². The Kier molecular flexibility index (Phi) is 3.93. The Morgan fingerprint density at radius 3 is 2.42 bits per heavy atom. The Balaban J connectivity index is 1.54. The van der Waals surface area contributed by atoms with Crippen LogP contribution in [0.1, 0.15) is 32.1 Å². The molecule has 0 aromatic heterocycles. The fourth-order valence-corrected chi connectivity index (χ4v) is 3.77. The molecule has 3 heterocycles. The number of ether oxygens (including phenoxy) is 1. The summed E-state index contributed by atoms with van der Waals surface area (Å²) in [6.07, 6.45) is 6.16. The fraction of sp³-hybridized carbons (Fsp3) is 0.929. The molecule has 5 nitrogen and oxygen atoms in total. The van der Waals surface area contributed by atoms with Crippen LogP contribution in [0.4, 0.5) is 4.79 Å². The van der Waals surface area contributed by atoms with Gasteiger partial charge in [-0.2, -0.15) is 0 Å². The number of urea groups is 1. The third-order valence-electron chi connectivity index (χ3n) is 4.97. The average molecular weight is 267 g/mol. The smallest absolute Gasteiger partial charge is 0.317 e. The number of amides is 2. The molecule has 0 radical (unpaired) electrons. The molecule has 3 saturated heterocycles. The van der Waals surface area contributed by atoms with Crippen LogP contribution in [-0.2, 0) is 4.74 Å². The lowest BCUT2D eigenvalue weighted by atomic mass is 9.82. The summed E-state index contributed by atoms with van der Waals surface area (Å²) in [5, 5.41) is 3.24. The number of rotatable bonds is 1. The van der Waals surface area contributed by atoms with Gasteiger partial charge in [0.25, 0.3) is 0 Å². The second-order valence-corrected chi connectivity index (χ2v) is 6.12. The lowest BCUT2D eigenvalue weighted by Crippen LogP contribution is -2.57. The molecule has 0 spiro atoms. The maximum absolute atomic E-state index is 12.2. The molecular formula is C14H25N3O2. The van der Waals surface area contributed by atoms with Crippen molar-refractivity contribution in [3.8, 4) is 0 Å². The number of carbonyl (C=O) groups is 1. The van der Waals surface area contributed by atoms with Crippen LogP contribution in [0.2, 0.25) is 0 Å². The summed E-state index contributed by atoms with van der Waals surface area (Å²) in [7, 11) is 2.24. The monoisotopic (exact) mass is 267 g/mol. The van der Waals surface area contributed by atoms with Crippen molar-refractivity contribution >= 4 is 6.03 Å². The molecular weight excluding hydrogens is 242 g/mol.